The third-order valence-electron chi connectivity index (χ3n) is 3.09. The lowest BCUT2D eigenvalue weighted by Crippen LogP contribution is -2.44. The Balaban J connectivity index is 2.24. The van der Waals surface area contributed by atoms with Crippen LogP contribution in [0, 0.1) is 0 Å². The number of aliphatic hydroxyl groups is 1. The summed E-state index contributed by atoms with van der Waals surface area (Å²) < 4.78 is 4.81. The average Bonchev–Trinajstić information content (AvgIpc) is 2.52. The number of aliphatic hydroxyl groups excluding tert-OH is 1. The number of esters is 1. The van der Waals surface area contributed by atoms with Gasteiger partial charge in [-0.2, -0.15) is 0 Å². The largest absolute Gasteiger partial charge is 0.464 e. The van der Waals surface area contributed by atoms with Crippen molar-refractivity contribution in [3.8, 4) is 0 Å². The first-order valence-electron chi connectivity index (χ1n) is 6.73. The Hall–Kier alpha value is -2.40. The molecule has 0 aliphatic rings. The van der Waals surface area contributed by atoms with Gasteiger partial charge in [-0.05, 0) is 23.8 Å². The molecule has 0 aliphatic carbocycles. The summed E-state index contributed by atoms with van der Waals surface area (Å²) in [4.78, 5) is 23.9. The van der Waals surface area contributed by atoms with Crippen LogP contribution >= 0.6 is 0 Å². The molecule has 0 fully saturated rings. The molecule has 1 atom stereocenters. The van der Waals surface area contributed by atoms with Gasteiger partial charge >= 0.3 is 5.97 Å². The van der Waals surface area contributed by atoms with Crippen LogP contribution in [0.1, 0.15) is 17.3 Å². The van der Waals surface area contributed by atoms with Gasteiger partial charge in [-0.15, -0.1) is 0 Å². The molecular formula is C16H17NO4. The van der Waals surface area contributed by atoms with Gasteiger partial charge in [-0.3, -0.25) is 4.79 Å². The minimum atomic E-state index is -1.06. The van der Waals surface area contributed by atoms with E-state index < -0.39 is 24.5 Å². The van der Waals surface area contributed by atoms with E-state index in [1.165, 1.54) is 0 Å². The van der Waals surface area contributed by atoms with E-state index in [1.54, 1.807) is 19.1 Å². The maximum Gasteiger partial charge on any atom is 0.331 e. The van der Waals surface area contributed by atoms with Gasteiger partial charge in [-0.25, -0.2) is 4.79 Å². The van der Waals surface area contributed by atoms with Gasteiger partial charge in [0.1, 0.15) is 0 Å². The molecule has 2 rings (SSSR count). The van der Waals surface area contributed by atoms with Gasteiger partial charge in [0.15, 0.2) is 6.04 Å². The highest BCUT2D eigenvalue weighted by atomic mass is 16.5. The highest BCUT2D eigenvalue weighted by Crippen LogP contribution is 2.18. The topological polar surface area (TPSA) is 75.6 Å². The molecule has 2 aromatic carbocycles. The molecule has 2 N–H and O–H groups in total. The number of hydrogen-bond acceptors (Lipinski definition) is 4. The van der Waals surface area contributed by atoms with E-state index in [0.29, 0.717) is 5.56 Å². The van der Waals surface area contributed by atoms with E-state index in [4.69, 9.17) is 4.74 Å². The molecule has 0 saturated heterocycles. The third-order valence-corrected chi connectivity index (χ3v) is 3.09. The molecule has 0 saturated carbocycles. The van der Waals surface area contributed by atoms with E-state index in [-0.39, 0.29) is 6.61 Å². The molecule has 5 heteroatoms. The first-order valence-corrected chi connectivity index (χ1v) is 6.73. The van der Waals surface area contributed by atoms with Gasteiger partial charge in [0.2, 0.25) is 0 Å². The Labute approximate surface area is 122 Å². The number of carbonyl (C=O) groups excluding carboxylic acids is 2. The number of amides is 1. The van der Waals surface area contributed by atoms with E-state index in [0.717, 1.165) is 10.8 Å². The summed E-state index contributed by atoms with van der Waals surface area (Å²) in [7, 11) is 0. The summed E-state index contributed by atoms with van der Waals surface area (Å²) in [6.45, 7) is 1.35. The number of ether oxygens (including phenoxy) is 1. The van der Waals surface area contributed by atoms with E-state index in [1.807, 2.05) is 30.3 Å². The summed E-state index contributed by atoms with van der Waals surface area (Å²) in [6.07, 6.45) is 0. The van der Waals surface area contributed by atoms with Crippen LogP contribution in [-0.2, 0) is 9.53 Å². The van der Waals surface area contributed by atoms with Crippen molar-refractivity contribution in [3.05, 3.63) is 48.0 Å². The maximum absolute atomic E-state index is 12.3. The van der Waals surface area contributed by atoms with Crippen molar-refractivity contribution in [3.63, 3.8) is 0 Å². The fourth-order valence-corrected chi connectivity index (χ4v) is 2.08. The van der Waals surface area contributed by atoms with Crippen molar-refractivity contribution >= 4 is 22.6 Å². The Morgan fingerprint density at radius 3 is 2.62 bits per heavy atom. The number of rotatable bonds is 5. The Morgan fingerprint density at radius 1 is 1.19 bits per heavy atom. The van der Waals surface area contributed by atoms with Crippen LogP contribution in [-0.4, -0.2) is 36.2 Å². The number of carbonyl (C=O) groups is 2. The van der Waals surface area contributed by atoms with Crippen LogP contribution in [0.4, 0.5) is 0 Å². The Kier molecular flexibility index (Phi) is 4.90. The second-order valence-electron chi connectivity index (χ2n) is 4.49. The molecule has 0 aromatic heterocycles. The molecule has 0 bridgehead atoms. The molecule has 0 aliphatic heterocycles. The molecular weight excluding hydrogens is 270 g/mol. The molecule has 0 spiro atoms. The zero-order valence-corrected chi connectivity index (χ0v) is 11.7. The Bertz CT molecular complexity index is 648. The minimum Gasteiger partial charge on any atom is -0.464 e. The SMILES string of the molecule is CCOC(=O)[C@H](CO)NC(=O)c1cccc2ccccc12. The van der Waals surface area contributed by atoms with Gasteiger partial charge in [0.25, 0.3) is 5.91 Å². The van der Waals surface area contributed by atoms with Crippen LogP contribution < -0.4 is 5.32 Å². The Morgan fingerprint density at radius 2 is 1.90 bits per heavy atom. The van der Waals surface area contributed by atoms with E-state index in [2.05, 4.69) is 5.32 Å². The first-order chi connectivity index (χ1) is 10.2. The average molecular weight is 287 g/mol. The second-order valence-corrected chi connectivity index (χ2v) is 4.49. The number of nitrogens with one attached hydrogen (secondary N) is 1. The maximum atomic E-state index is 12.3. The molecule has 21 heavy (non-hydrogen) atoms. The number of hydrogen-bond donors (Lipinski definition) is 2. The van der Waals surface area contributed by atoms with Crippen molar-refractivity contribution in [2.75, 3.05) is 13.2 Å². The zero-order chi connectivity index (χ0) is 15.2. The third kappa shape index (κ3) is 3.38. The van der Waals surface area contributed by atoms with Gasteiger partial charge in [0.05, 0.1) is 13.2 Å². The van der Waals surface area contributed by atoms with Crippen LogP contribution in [0.15, 0.2) is 42.5 Å². The lowest BCUT2D eigenvalue weighted by molar-refractivity contribution is -0.146. The zero-order valence-electron chi connectivity index (χ0n) is 11.7. The highest BCUT2D eigenvalue weighted by molar-refractivity contribution is 6.07. The van der Waals surface area contributed by atoms with Crippen LogP contribution in [0.2, 0.25) is 0 Å². The fraction of sp³-hybridized carbons (Fsp3) is 0.250. The number of fused-ring (bicyclic) bond motifs is 1. The summed E-state index contributed by atoms with van der Waals surface area (Å²) in [5.41, 5.74) is 0.454. The van der Waals surface area contributed by atoms with E-state index >= 15 is 0 Å². The van der Waals surface area contributed by atoms with Crippen molar-refractivity contribution in [2.24, 2.45) is 0 Å². The van der Waals surface area contributed by atoms with Crippen molar-refractivity contribution in [1.29, 1.82) is 0 Å². The number of benzene rings is 2. The molecule has 0 heterocycles. The summed E-state index contributed by atoms with van der Waals surface area (Å²) in [5, 5.41) is 13.4. The molecule has 0 unspecified atom stereocenters. The minimum absolute atomic E-state index is 0.194. The van der Waals surface area contributed by atoms with Gasteiger partial charge in [-0.1, -0.05) is 36.4 Å². The summed E-state index contributed by atoms with van der Waals surface area (Å²) >= 11 is 0. The lowest BCUT2D eigenvalue weighted by atomic mass is 10.0. The second kappa shape index (κ2) is 6.85. The molecule has 110 valence electrons. The van der Waals surface area contributed by atoms with Crippen LogP contribution in [0.25, 0.3) is 10.8 Å². The fourth-order valence-electron chi connectivity index (χ4n) is 2.08. The predicted octanol–water partition coefficient (Wildman–Crippen LogP) is 1.49. The van der Waals surface area contributed by atoms with Crippen molar-refractivity contribution < 1.29 is 19.4 Å². The monoisotopic (exact) mass is 287 g/mol. The predicted molar refractivity (Wildman–Crippen MR) is 78.9 cm³/mol. The first kappa shape index (κ1) is 15.0. The van der Waals surface area contributed by atoms with Crippen molar-refractivity contribution in [2.45, 2.75) is 13.0 Å². The van der Waals surface area contributed by atoms with Crippen LogP contribution in [0.3, 0.4) is 0 Å². The quantitative estimate of drug-likeness (QED) is 0.817. The van der Waals surface area contributed by atoms with Gasteiger partial charge in [0, 0.05) is 5.56 Å². The van der Waals surface area contributed by atoms with Crippen LogP contribution in [0.5, 0.6) is 0 Å². The molecule has 1 amide bonds. The molecule has 5 nitrogen and oxygen atoms in total. The summed E-state index contributed by atoms with van der Waals surface area (Å²) in [6, 6.07) is 11.8. The molecule has 2 aromatic rings. The van der Waals surface area contributed by atoms with Gasteiger partial charge < -0.3 is 15.2 Å². The summed E-state index contributed by atoms with van der Waals surface area (Å²) in [5.74, 6) is -1.06. The van der Waals surface area contributed by atoms with E-state index in [9.17, 15) is 14.7 Å². The normalized spacial score (nSPS) is 11.9. The van der Waals surface area contributed by atoms with Crippen molar-refractivity contribution in [1.82, 2.24) is 5.32 Å². The molecule has 0 radical (unpaired) electrons. The highest BCUT2D eigenvalue weighted by Gasteiger charge is 2.22. The standard InChI is InChI=1S/C16H17NO4/c1-2-21-16(20)14(10-18)17-15(19)13-9-5-7-11-6-3-4-8-12(11)13/h3-9,14,18H,2,10H2,1H3,(H,17,19)/t14-/m0/s1. The lowest BCUT2D eigenvalue weighted by Gasteiger charge is -2.15. The smallest absolute Gasteiger partial charge is 0.331 e.